The average Bonchev–Trinajstić information content (AvgIpc) is 2.06. The van der Waals surface area contributed by atoms with E-state index in [9.17, 15) is 9.59 Å². The van der Waals surface area contributed by atoms with Crippen molar-refractivity contribution < 1.29 is 9.59 Å². The van der Waals surface area contributed by atoms with Gasteiger partial charge in [-0.2, -0.15) is 0 Å². The molecular formula is C10H19N3O2. The number of primary amides is 1. The lowest BCUT2D eigenvalue weighted by molar-refractivity contribution is -0.138. The monoisotopic (exact) mass is 213 g/mol. The Morgan fingerprint density at radius 2 is 2.07 bits per heavy atom. The second kappa shape index (κ2) is 5.11. The van der Waals surface area contributed by atoms with E-state index in [1.807, 2.05) is 13.8 Å². The third-order valence-corrected chi connectivity index (χ3v) is 2.60. The molecule has 1 saturated heterocycles. The fourth-order valence-corrected chi connectivity index (χ4v) is 1.58. The van der Waals surface area contributed by atoms with E-state index in [0.717, 1.165) is 13.1 Å². The van der Waals surface area contributed by atoms with Crippen LogP contribution in [0.25, 0.3) is 0 Å². The smallest absolute Gasteiger partial charge is 0.237 e. The molecule has 0 aromatic heterocycles. The van der Waals surface area contributed by atoms with Gasteiger partial charge in [-0.1, -0.05) is 0 Å². The number of rotatable bonds is 5. The Morgan fingerprint density at radius 3 is 2.40 bits per heavy atom. The molecule has 0 aromatic rings. The summed E-state index contributed by atoms with van der Waals surface area (Å²) in [5, 5.41) is 3.11. The predicted molar refractivity (Wildman–Crippen MR) is 57.0 cm³/mol. The summed E-state index contributed by atoms with van der Waals surface area (Å²) in [6.45, 7) is 5.60. The van der Waals surface area contributed by atoms with Gasteiger partial charge in [0.05, 0.1) is 6.54 Å². The van der Waals surface area contributed by atoms with Crippen molar-refractivity contribution in [2.45, 2.75) is 26.3 Å². The van der Waals surface area contributed by atoms with Crippen molar-refractivity contribution in [3.63, 3.8) is 0 Å². The van der Waals surface area contributed by atoms with Gasteiger partial charge in [-0.15, -0.1) is 0 Å². The van der Waals surface area contributed by atoms with E-state index >= 15 is 0 Å². The zero-order chi connectivity index (χ0) is 11.4. The number of nitrogens with zero attached hydrogens (tertiary/aromatic N) is 1. The number of carbonyl (C=O) groups excluding carboxylic acids is 2. The van der Waals surface area contributed by atoms with Crippen LogP contribution in [0.4, 0.5) is 0 Å². The molecule has 1 fully saturated rings. The number of amides is 2. The van der Waals surface area contributed by atoms with Crippen LogP contribution in [0.15, 0.2) is 0 Å². The van der Waals surface area contributed by atoms with Crippen molar-refractivity contribution in [2.75, 3.05) is 19.6 Å². The maximum Gasteiger partial charge on any atom is 0.237 e. The SMILES string of the molecule is CC(C)N(CC(N)=O)C(=O)CC1CNC1. The molecule has 0 saturated carbocycles. The summed E-state index contributed by atoms with van der Waals surface area (Å²) in [6, 6.07) is 0.0260. The zero-order valence-corrected chi connectivity index (χ0v) is 9.32. The molecule has 0 aromatic carbocycles. The maximum absolute atomic E-state index is 11.8. The van der Waals surface area contributed by atoms with Crippen LogP contribution in [-0.2, 0) is 9.59 Å². The van der Waals surface area contributed by atoms with Gasteiger partial charge < -0.3 is 16.0 Å². The highest BCUT2D eigenvalue weighted by Crippen LogP contribution is 2.12. The van der Waals surface area contributed by atoms with E-state index in [1.54, 1.807) is 4.90 Å². The molecular weight excluding hydrogens is 194 g/mol. The van der Waals surface area contributed by atoms with Gasteiger partial charge in [-0.3, -0.25) is 9.59 Å². The number of nitrogens with one attached hydrogen (secondary N) is 1. The van der Waals surface area contributed by atoms with Gasteiger partial charge in [0.15, 0.2) is 0 Å². The van der Waals surface area contributed by atoms with Gasteiger partial charge in [0, 0.05) is 12.5 Å². The first kappa shape index (κ1) is 12.0. The molecule has 0 radical (unpaired) electrons. The lowest BCUT2D eigenvalue weighted by Gasteiger charge is -2.31. The predicted octanol–water partition coefficient (Wildman–Crippen LogP) is -0.682. The van der Waals surface area contributed by atoms with Crippen LogP contribution in [0.1, 0.15) is 20.3 Å². The first-order valence-corrected chi connectivity index (χ1v) is 5.29. The first-order valence-electron chi connectivity index (χ1n) is 5.29. The second-order valence-electron chi connectivity index (χ2n) is 4.31. The van der Waals surface area contributed by atoms with E-state index in [4.69, 9.17) is 5.73 Å². The summed E-state index contributed by atoms with van der Waals surface area (Å²) < 4.78 is 0. The summed E-state index contributed by atoms with van der Waals surface area (Å²) in [5.74, 6) is -0.00860. The molecule has 1 aliphatic heterocycles. The molecule has 0 bridgehead atoms. The molecule has 0 atom stereocenters. The minimum absolute atomic E-state index is 0.0234. The van der Waals surface area contributed by atoms with Crippen molar-refractivity contribution in [1.29, 1.82) is 0 Å². The van der Waals surface area contributed by atoms with Crippen LogP contribution >= 0.6 is 0 Å². The Morgan fingerprint density at radius 1 is 1.47 bits per heavy atom. The molecule has 5 heteroatoms. The van der Waals surface area contributed by atoms with Crippen molar-refractivity contribution in [2.24, 2.45) is 11.7 Å². The molecule has 86 valence electrons. The summed E-state index contributed by atoms with van der Waals surface area (Å²) >= 11 is 0. The van der Waals surface area contributed by atoms with Gasteiger partial charge in [0.1, 0.15) is 0 Å². The van der Waals surface area contributed by atoms with Crippen molar-refractivity contribution in [3.05, 3.63) is 0 Å². The minimum Gasteiger partial charge on any atom is -0.368 e. The summed E-state index contributed by atoms with van der Waals surface area (Å²) in [4.78, 5) is 24.2. The van der Waals surface area contributed by atoms with Gasteiger partial charge in [0.2, 0.25) is 11.8 Å². The van der Waals surface area contributed by atoms with E-state index in [0.29, 0.717) is 12.3 Å². The Balaban J connectivity index is 2.46. The fourth-order valence-electron chi connectivity index (χ4n) is 1.58. The van der Waals surface area contributed by atoms with Crippen LogP contribution < -0.4 is 11.1 Å². The van der Waals surface area contributed by atoms with E-state index in [-0.39, 0.29) is 18.5 Å². The largest absolute Gasteiger partial charge is 0.368 e. The van der Waals surface area contributed by atoms with Crippen LogP contribution in [0, 0.1) is 5.92 Å². The van der Waals surface area contributed by atoms with E-state index < -0.39 is 5.91 Å². The van der Waals surface area contributed by atoms with Crippen molar-refractivity contribution in [1.82, 2.24) is 10.2 Å². The Kier molecular flexibility index (Phi) is 4.08. The van der Waals surface area contributed by atoms with Crippen LogP contribution in [0.2, 0.25) is 0 Å². The second-order valence-corrected chi connectivity index (χ2v) is 4.31. The van der Waals surface area contributed by atoms with Crippen LogP contribution in [0.5, 0.6) is 0 Å². The molecule has 2 amide bonds. The first-order chi connectivity index (χ1) is 7.00. The molecule has 15 heavy (non-hydrogen) atoms. The highest BCUT2D eigenvalue weighted by atomic mass is 16.2. The average molecular weight is 213 g/mol. The van der Waals surface area contributed by atoms with Crippen LogP contribution in [-0.4, -0.2) is 42.4 Å². The van der Waals surface area contributed by atoms with Gasteiger partial charge in [0.25, 0.3) is 0 Å². The molecule has 1 rings (SSSR count). The highest BCUT2D eigenvalue weighted by molar-refractivity contribution is 5.84. The van der Waals surface area contributed by atoms with Gasteiger partial charge in [-0.05, 0) is 32.9 Å². The quantitative estimate of drug-likeness (QED) is 0.635. The number of hydrogen-bond donors (Lipinski definition) is 2. The van der Waals surface area contributed by atoms with Gasteiger partial charge in [-0.25, -0.2) is 0 Å². The van der Waals surface area contributed by atoms with E-state index in [2.05, 4.69) is 5.32 Å². The number of nitrogens with two attached hydrogens (primary N) is 1. The molecule has 1 heterocycles. The molecule has 3 N–H and O–H groups in total. The number of carbonyl (C=O) groups is 2. The number of hydrogen-bond acceptors (Lipinski definition) is 3. The fraction of sp³-hybridized carbons (Fsp3) is 0.800. The molecule has 0 aliphatic carbocycles. The summed E-state index contributed by atoms with van der Waals surface area (Å²) in [5.41, 5.74) is 5.10. The Hall–Kier alpha value is -1.10. The molecule has 0 spiro atoms. The highest BCUT2D eigenvalue weighted by Gasteiger charge is 2.25. The van der Waals surface area contributed by atoms with Crippen molar-refractivity contribution >= 4 is 11.8 Å². The minimum atomic E-state index is -0.455. The summed E-state index contributed by atoms with van der Waals surface area (Å²) in [6.07, 6.45) is 0.512. The summed E-state index contributed by atoms with van der Waals surface area (Å²) in [7, 11) is 0. The normalized spacial score (nSPS) is 16.2. The maximum atomic E-state index is 11.8. The third-order valence-electron chi connectivity index (χ3n) is 2.60. The topological polar surface area (TPSA) is 75.4 Å². The Bertz CT molecular complexity index is 249. The third kappa shape index (κ3) is 3.51. The molecule has 5 nitrogen and oxygen atoms in total. The molecule has 0 unspecified atom stereocenters. The van der Waals surface area contributed by atoms with E-state index in [1.165, 1.54) is 0 Å². The Labute approximate surface area is 90.0 Å². The van der Waals surface area contributed by atoms with Crippen molar-refractivity contribution in [3.8, 4) is 0 Å². The van der Waals surface area contributed by atoms with Crippen LogP contribution in [0.3, 0.4) is 0 Å². The zero-order valence-electron chi connectivity index (χ0n) is 9.32. The standard InChI is InChI=1S/C10H19N3O2/c1-7(2)13(6-9(11)14)10(15)3-8-4-12-5-8/h7-8,12H,3-6H2,1-2H3,(H2,11,14). The lowest BCUT2D eigenvalue weighted by Crippen LogP contribution is -2.48. The molecule has 1 aliphatic rings. The lowest BCUT2D eigenvalue weighted by atomic mass is 9.98. The van der Waals surface area contributed by atoms with Gasteiger partial charge >= 0.3 is 0 Å².